The van der Waals surface area contributed by atoms with Crippen molar-refractivity contribution < 1.29 is 14.7 Å². The summed E-state index contributed by atoms with van der Waals surface area (Å²) < 4.78 is 0.735. The van der Waals surface area contributed by atoms with Gasteiger partial charge >= 0.3 is 0 Å². The smallest absolute Gasteiger partial charge is 0.249 e. The van der Waals surface area contributed by atoms with Crippen LogP contribution >= 0.6 is 15.9 Å². The molecule has 0 spiro atoms. The molecule has 0 radical (unpaired) electrons. The molecule has 0 aromatic heterocycles. The maximum Gasteiger partial charge on any atom is 0.249 e. The van der Waals surface area contributed by atoms with Crippen LogP contribution in [0.3, 0.4) is 0 Å². The summed E-state index contributed by atoms with van der Waals surface area (Å²) in [4.78, 5) is 23.3. The summed E-state index contributed by atoms with van der Waals surface area (Å²) in [6.45, 7) is 1.77. The van der Waals surface area contributed by atoms with Crippen molar-refractivity contribution in [2.75, 3.05) is 5.32 Å². The Bertz CT molecular complexity index is 744. The summed E-state index contributed by atoms with van der Waals surface area (Å²) in [5.74, 6) is -0.790. The minimum Gasteiger partial charge on any atom is -0.508 e. The van der Waals surface area contributed by atoms with Crippen molar-refractivity contribution in [1.82, 2.24) is 0 Å². The Morgan fingerprint density at radius 1 is 1.23 bits per heavy atom. The van der Waals surface area contributed by atoms with Gasteiger partial charge in [0.05, 0.1) is 6.42 Å². The van der Waals surface area contributed by atoms with E-state index in [0.29, 0.717) is 16.8 Å². The zero-order valence-corrected chi connectivity index (χ0v) is 13.5. The first-order chi connectivity index (χ1) is 10.4. The molecule has 2 rings (SSSR count). The van der Waals surface area contributed by atoms with Crippen LogP contribution in [0.4, 0.5) is 5.69 Å². The van der Waals surface area contributed by atoms with E-state index in [1.165, 1.54) is 12.1 Å². The molecule has 0 fully saturated rings. The van der Waals surface area contributed by atoms with E-state index in [0.717, 1.165) is 10.0 Å². The lowest BCUT2D eigenvalue weighted by Crippen LogP contribution is -2.17. The Hall–Kier alpha value is -2.34. The molecule has 0 aliphatic heterocycles. The zero-order valence-electron chi connectivity index (χ0n) is 11.9. The second-order valence-corrected chi connectivity index (χ2v) is 5.81. The standard InChI is InChI=1S/C16H15BrN2O3/c1-9-2-5-12(8-13(9)16(18)22)19-15(21)6-10-3-4-11(17)7-14(10)20/h2-5,7-8,20H,6H2,1H3,(H2,18,22)(H,19,21). The highest BCUT2D eigenvalue weighted by Crippen LogP contribution is 2.23. The average molecular weight is 363 g/mol. The Morgan fingerprint density at radius 3 is 2.59 bits per heavy atom. The van der Waals surface area contributed by atoms with Gasteiger partial charge in [-0.3, -0.25) is 9.59 Å². The third-order valence-corrected chi connectivity index (χ3v) is 3.68. The SMILES string of the molecule is Cc1ccc(NC(=O)Cc2ccc(Br)cc2O)cc1C(N)=O. The molecule has 6 heteroatoms. The molecule has 0 bridgehead atoms. The lowest BCUT2D eigenvalue weighted by molar-refractivity contribution is -0.115. The van der Waals surface area contributed by atoms with Crippen molar-refractivity contribution in [2.45, 2.75) is 13.3 Å². The van der Waals surface area contributed by atoms with Crippen molar-refractivity contribution in [1.29, 1.82) is 0 Å². The van der Waals surface area contributed by atoms with E-state index in [1.807, 2.05) is 0 Å². The normalized spacial score (nSPS) is 10.3. The molecule has 0 aliphatic rings. The van der Waals surface area contributed by atoms with Gasteiger partial charge in [-0.05, 0) is 36.8 Å². The summed E-state index contributed by atoms with van der Waals surface area (Å²) in [6, 6.07) is 9.90. The van der Waals surface area contributed by atoms with Crippen molar-refractivity contribution >= 4 is 33.4 Å². The number of aryl methyl sites for hydroxylation is 1. The first kappa shape index (κ1) is 16.0. The van der Waals surface area contributed by atoms with Gasteiger partial charge in [0.2, 0.25) is 11.8 Å². The number of nitrogens with two attached hydrogens (primary N) is 1. The zero-order chi connectivity index (χ0) is 16.3. The molecular formula is C16H15BrN2O3. The highest BCUT2D eigenvalue weighted by Gasteiger charge is 2.11. The van der Waals surface area contributed by atoms with E-state index in [4.69, 9.17) is 5.73 Å². The maximum absolute atomic E-state index is 12.0. The number of carbonyl (C=O) groups excluding carboxylic acids is 2. The van der Waals surface area contributed by atoms with Crippen molar-refractivity contribution in [3.63, 3.8) is 0 Å². The number of hydrogen-bond donors (Lipinski definition) is 3. The lowest BCUT2D eigenvalue weighted by atomic mass is 10.1. The summed E-state index contributed by atoms with van der Waals surface area (Å²) in [6.07, 6.45) is 0.0267. The van der Waals surface area contributed by atoms with E-state index in [9.17, 15) is 14.7 Å². The average Bonchev–Trinajstić information content (AvgIpc) is 2.44. The summed E-state index contributed by atoms with van der Waals surface area (Å²) in [5, 5.41) is 12.5. The summed E-state index contributed by atoms with van der Waals surface area (Å²) >= 11 is 3.24. The van der Waals surface area contributed by atoms with E-state index >= 15 is 0 Å². The monoisotopic (exact) mass is 362 g/mol. The number of aromatic hydroxyl groups is 1. The molecule has 22 heavy (non-hydrogen) atoms. The van der Waals surface area contributed by atoms with Gasteiger partial charge in [-0.2, -0.15) is 0 Å². The van der Waals surface area contributed by atoms with Crippen molar-refractivity contribution in [3.8, 4) is 5.75 Å². The molecule has 4 N–H and O–H groups in total. The highest BCUT2D eigenvalue weighted by atomic mass is 79.9. The number of anilines is 1. The number of amides is 2. The fourth-order valence-corrected chi connectivity index (χ4v) is 2.38. The molecule has 0 aliphatic carbocycles. The molecule has 0 heterocycles. The highest BCUT2D eigenvalue weighted by molar-refractivity contribution is 9.10. The topological polar surface area (TPSA) is 92.4 Å². The second kappa shape index (κ2) is 6.62. The second-order valence-electron chi connectivity index (χ2n) is 4.89. The van der Waals surface area contributed by atoms with Crippen LogP contribution in [-0.2, 0) is 11.2 Å². The number of hydrogen-bond acceptors (Lipinski definition) is 3. The quantitative estimate of drug-likeness (QED) is 0.780. The van der Waals surface area contributed by atoms with Gasteiger partial charge in [0, 0.05) is 21.3 Å². The third-order valence-electron chi connectivity index (χ3n) is 3.19. The van der Waals surface area contributed by atoms with E-state index in [1.54, 1.807) is 31.2 Å². The van der Waals surface area contributed by atoms with Crippen LogP contribution in [0.25, 0.3) is 0 Å². The minimum atomic E-state index is -0.542. The third kappa shape index (κ3) is 3.85. The van der Waals surface area contributed by atoms with Crippen LogP contribution in [0, 0.1) is 6.92 Å². The van der Waals surface area contributed by atoms with Gasteiger partial charge in [-0.1, -0.05) is 28.1 Å². The summed E-state index contributed by atoms with van der Waals surface area (Å²) in [7, 11) is 0. The largest absolute Gasteiger partial charge is 0.508 e. The van der Waals surface area contributed by atoms with Crippen LogP contribution in [0.1, 0.15) is 21.5 Å². The van der Waals surface area contributed by atoms with Gasteiger partial charge in [-0.15, -0.1) is 0 Å². The van der Waals surface area contributed by atoms with E-state index in [2.05, 4.69) is 21.2 Å². The molecule has 114 valence electrons. The molecule has 0 saturated heterocycles. The van der Waals surface area contributed by atoms with Gasteiger partial charge in [-0.25, -0.2) is 0 Å². The molecule has 0 saturated carbocycles. The fourth-order valence-electron chi connectivity index (χ4n) is 2.03. The molecule has 2 aromatic rings. The Balaban J connectivity index is 2.12. The molecule has 2 amide bonds. The number of phenols is 1. The van der Waals surface area contributed by atoms with Gasteiger partial charge in [0.25, 0.3) is 0 Å². The summed E-state index contributed by atoms with van der Waals surface area (Å²) in [5.41, 5.74) is 7.40. The molecule has 2 aromatic carbocycles. The molecule has 0 atom stereocenters. The Labute approximate surface area is 136 Å². The van der Waals surface area contributed by atoms with Gasteiger partial charge < -0.3 is 16.2 Å². The molecule has 0 unspecified atom stereocenters. The fraction of sp³-hybridized carbons (Fsp3) is 0.125. The Morgan fingerprint density at radius 2 is 1.95 bits per heavy atom. The van der Waals surface area contributed by atoms with E-state index < -0.39 is 5.91 Å². The number of nitrogens with one attached hydrogen (secondary N) is 1. The number of rotatable bonds is 4. The predicted molar refractivity (Wildman–Crippen MR) is 87.8 cm³/mol. The number of carbonyl (C=O) groups is 2. The van der Waals surface area contributed by atoms with Crippen LogP contribution in [0.15, 0.2) is 40.9 Å². The van der Waals surface area contributed by atoms with Crippen LogP contribution in [-0.4, -0.2) is 16.9 Å². The number of phenolic OH excluding ortho intramolecular Hbond substituents is 1. The van der Waals surface area contributed by atoms with Crippen LogP contribution in [0.5, 0.6) is 5.75 Å². The lowest BCUT2D eigenvalue weighted by Gasteiger charge is -2.09. The molecular weight excluding hydrogens is 348 g/mol. The number of primary amides is 1. The van der Waals surface area contributed by atoms with Crippen molar-refractivity contribution in [3.05, 3.63) is 57.6 Å². The number of benzene rings is 2. The minimum absolute atomic E-state index is 0.0267. The maximum atomic E-state index is 12.0. The first-order valence-electron chi connectivity index (χ1n) is 6.54. The van der Waals surface area contributed by atoms with Crippen LogP contribution < -0.4 is 11.1 Å². The molecule has 5 nitrogen and oxygen atoms in total. The van der Waals surface area contributed by atoms with Crippen molar-refractivity contribution in [2.24, 2.45) is 5.73 Å². The van der Waals surface area contributed by atoms with Gasteiger partial charge in [0.15, 0.2) is 0 Å². The number of halogens is 1. The Kier molecular flexibility index (Phi) is 4.82. The first-order valence-corrected chi connectivity index (χ1v) is 7.34. The van der Waals surface area contributed by atoms with Gasteiger partial charge in [0.1, 0.15) is 5.75 Å². The van der Waals surface area contributed by atoms with Crippen LogP contribution in [0.2, 0.25) is 0 Å². The predicted octanol–water partition coefficient (Wildman–Crippen LogP) is 2.74. The van der Waals surface area contributed by atoms with E-state index in [-0.39, 0.29) is 18.1 Å².